The van der Waals surface area contributed by atoms with Crippen LogP contribution in [0.15, 0.2) is 48.5 Å². The maximum Gasteiger partial charge on any atom is 0.389 e. The average molecular weight is 650 g/mol. The maximum atomic E-state index is 14.2. The lowest BCUT2D eigenvalue weighted by Crippen LogP contribution is -2.48. The van der Waals surface area contributed by atoms with Crippen molar-refractivity contribution in [2.24, 2.45) is 5.92 Å². The summed E-state index contributed by atoms with van der Waals surface area (Å²) in [6, 6.07) is 13.6. The first-order valence-corrected chi connectivity index (χ1v) is 15.8. The Labute approximate surface area is 269 Å². The van der Waals surface area contributed by atoms with E-state index in [9.17, 15) is 32.7 Å². The third-order valence-corrected chi connectivity index (χ3v) is 8.04. The van der Waals surface area contributed by atoms with Crippen LogP contribution in [0.3, 0.4) is 0 Å². The molecule has 2 aromatic carbocycles. The van der Waals surface area contributed by atoms with E-state index in [4.69, 9.17) is 9.47 Å². The Morgan fingerprint density at radius 3 is 2.52 bits per heavy atom. The van der Waals surface area contributed by atoms with Gasteiger partial charge in [-0.05, 0) is 56.9 Å². The second-order valence-electron chi connectivity index (χ2n) is 12.1. The monoisotopic (exact) mass is 649 g/mol. The Bertz CT molecular complexity index is 1290. The predicted molar refractivity (Wildman–Crippen MR) is 169 cm³/mol. The van der Waals surface area contributed by atoms with E-state index in [1.807, 2.05) is 44.2 Å². The highest BCUT2D eigenvalue weighted by atomic mass is 19.4. The number of nitrogens with one attached hydrogen (secondary N) is 1. The van der Waals surface area contributed by atoms with Gasteiger partial charge in [-0.3, -0.25) is 14.4 Å². The number of hydrogen-bond acceptors (Lipinski definition) is 6. The number of amides is 3. The van der Waals surface area contributed by atoms with Gasteiger partial charge >= 0.3 is 6.18 Å². The zero-order valence-corrected chi connectivity index (χ0v) is 27.0. The van der Waals surface area contributed by atoms with Crippen molar-refractivity contribution in [2.45, 2.75) is 83.7 Å². The molecule has 0 aromatic heterocycles. The lowest BCUT2D eigenvalue weighted by Gasteiger charge is -2.36. The van der Waals surface area contributed by atoms with Gasteiger partial charge in [-0.1, -0.05) is 37.3 Å². The van der Waals surface area contributed by atoms with Crippen molar-refractivity contribution < 1.29 is 42.1 Å². The van der Waals surface area contributed by atoms with E-state index < -0.39 is 43.0 Å². The summed E-state index contributed by atoms with van der Waals surface area (Å²) < 4.78 is 50.6. The summed E-state index contributed by atoms with van der Waals surface area (Å²) in [7, 11) is 1.45. The molecule has 0 unspecified atom stereocenters. The summed E-state index contributed by atoms with van der Waals surface area (Å²) in [5.74, 6) is -1.35. The maximum absolute atomic E-state index is 14.2. The Kier molecular flexibility index (Phi) is 13.9. The van der Waals surface area contributed by atoms with Crippen molar-refractivity contribution in [3.8, 4) is 5.75 Å². The van der Waals surface area contributed by atoms with Crippen LogP contribution in [0.25, 0.3) is 0 Å². The molecule has 4 atom stereocenters. The lowest BCUT2D eigenvalue weighted by molar-refractivity contribution is -0.149. The van der Waals surface area contributed by atoms with E-state index in [2.05, 4.69) is 5.32 Å². The van der Waals surface area contributed by atoms with Crippen LogP contribution in [-0.4, -0.2) is 90.4 Å². The molecule has 3 rings (SSSR count). The summed E-state index contributed by atoms with van der Waals surface area (Å²) in [6.07, 6.45) is -4.87. The van der Waals surface area contributed by atoms with Crippen LogP contribution in [0.1, 0.15) is 68.8 Å². The molecular weight excluding hydrogens is 603 g/mol. The molecule has 12 heteroatoms. The van der Waals surface area contributed by atoms with Crippen molar-refractivity contribution in [2.75, 3.05) is 38.7 Å². The van der Waals surface area contributed by atoms with Crippen molar-refractivity contribution in [3.63, 3.8) is 0 Å². The minimum absolute atomic E-state index is 0.0427. The molecule has 0 bridgehead atoms. The van der Waals surface area contributed by atoms with Crippen LogP contribution in [0.2, 0.25) is 0 Å². The largest absolute Gasteiger partial charge is 0.490 e. The van der Waals surface area contributed by atoms with E-state index in [-0.39, 0.29) is 49.6 Å². The number of hydrogen-bond donors (Lipinski definition) is 2. The number of carbonyl (C=O) groups excluding carboxylic acids is 3. The van der Waals surface area contributed by atoms with Gasteiger partial charge in [0.2, 0.25) is 11.8 Å². The molecular formula is C34H46F3N3O6. The molecule has 9 nitrogen and oxygen atoms in total. The summed E-state index contributed by atoms with van der Waals surface area (Å²) in [5, 5.41) is 13.0. The number of halogens is 3. The Morgan fingerprint density at radius 2 is 1.85 bits per heavy atom. The first-order chi connectivity index (χ1) is 21.8. The number of aliphatic hydroxyl groups excluding tert-OH is 1. The zero-order chi connectivity index (χ0) is 33.9. The Morgan fingerprint density at radius 1 is 1.13 bits per heavy atom. The van der Waals surface area contributed by atoms with Gasteiger partial charge in [-0.2, -0.15) is 13.2 Å². The molecule has 254 valence electrons. The summed E-state index contributed by atoms with van der Waals surface area (Å²) in [6.45, 7) is 5.63. The third kappa shape index (κ3) is 11.6. The van der Waals surface area contributed by atoms with Crippen molar-refractivity contribution >= 4 is 23.4 Å². The fourth-order valence-electron chi connectivity index (χ4n) is 5.26. The number of alkyl halides is 3. The molecule has 0 fully saturated rings. The predicted octanol–water partition coefficient (Wildman–Crippen LogP) is 5.46. The number of rotatable bonds is 9. The third-order valence-electron chi connectivity index (χ3n) is 8.04. The normalized spacial score (nSPS) is 20.6. The lowest BCUT2D eigenvalue weighted by atomic mass is 10.0. The molecule has 0 spiro atoms. The van der Waals surface area contributed by atoms with E-state index in [0.717, 1.165) is 12.0 Å². The van der Waals surface area contributed by atoms with Crippen molar-refractivity contribution in [3.05, 3.63) is 59.7 Å². The minimum atomic E-state index is -4.44. The van der Waals surface area contributed by atoms with Gasteiger partial charge in [0.05, 0.1) is 43.3 Å². The highest BCUT2D eigenvalue weighted by molar-refractivity contribution is 6.00. The van der Waals surface area contributed by atoms with E-state index >= 15 is 0 Å². The number of fused-ring (bicyclic) bond motifs is 1. The molecule has 3 amide bonds. The first-order valence-electron chi connectivity index (χ1n) is 15.8. The Balaban J connectivity index is 1.89. The number of ether oxygens (including phenoxy) is 2. The fourth-order valence-corrected chi connectivity index (χ4v) is 5.26. The Hall–Kier alpha value is -3.64. The molecule has 0 saturated heterocycles. The van der Waals surface area contributed by atoms with E-state index in [1.54, 1.807) is 25.1 Å². The number of anilines is 1. The smallest absolute Gasteiger partial charge is 0.389 e. The van der Waals surface area contributed by atoms with Gasteiger partial charge in [-0.25, -0.2) is 0 Å². The van der Waals surface area contributed by atoms with Gasteiger partial charge in [0, 0.05) is 44.8 Å². The number of likely N-dealkylation sites (N-methyl/N-ethyl adjacent to an activating group) is 1. The average Bonchev–Trinajstić information content (AvgIpc) is 3.01. The van der Waals surface area contributed by atoms with Gasteiger partial charge < -0.3 is 29.7 Å². The molecule has 2 N–H and O–H groups in total. The molecule has 0 saturated carbocycles. The second kappa shape index (κ2) is 17.3. The quantitative estimate of drug-likeness (QED) is 0.374. The highest BCUT2D eigenvalue weighted by Crippen LogP contribution is 2.29. The molecule has 1 aliphatic heterocycles. The molecule has 1 heterocycles. The summed E-state index contributed by atoms with van der Waals surface area (Å²) >= 11 is 0. The number of nitrogens with zero attached hydrogens (tertiary/aromatic N) is 2. The van der Waals surface area contributed by atoms with Crippen molar-refractivity contribution in [1.29, 1.82) is 0 Å². The number of aliphatic hydroxyl groups is 1. The second-order valence-corrected chi connectivity index (χ2v) is 12.1. The van der Waals surface area contributed by atoms with Crippen LogP contribution in [0, 0.1) is 5.92 Å². The molecule has 46 heavy (non-hydrogen) atoms. The molecule has 0 radical (unpaired) electrons. The molecule has 1 aliphatic rings. The van der Waals surface area contributed by atoms with Gasteiger partial charge in [0.1, 0.15) is 5.75 Å². The molecule has 0 aliphatic carbocycles. The summed E-state index contributed by atoms with van der Waals surface area (Å²) in [5.41, 5.74) is 1.47. The van der Waals surface area contributed by atoms with Crippen LogP contribution in [0.5, 0.6) is 5.75 Å². The van der Waals surface area contributed by atoms with Gasteiger partial charge in [0.25, 0.3) is 5.91 Å². The number of carbonyl (C=O) groups is 3. The van der Waals surface area contributed by atoms with Crippen LogP contribution >= 0.6 is 0 Å². The van der Waals surface area contributed by atoms with E-state index in [1.165, 1.54) is 16.8 Å². The summed E-state index contributed by atoms with van der Waals surface area (Å²) in [4.78, 5) is 42.3. The van der Waals surface area contributed by atoms with Gasteiger partial charge in [0.15, 0.2) is 0 Å². The van der Waals surface area contributed by atoms with Crippen LogP contribution < -0.4 is 10.1 Å². The van der Waals surface area contributed by atoms with E-state index in [0.29, 0.717) is 30.9 Å². The fraction of sp³-hybridized carbons (Fsp3) is 0.559. The minimum Gasteiger partial charge on any atom is -0.490 e. The SMILES string of the molecule is C[C@H]1CCCCO[C@H](CN(C)C(=O)CCC(F)(F)F)[C@@H](C)CN([C@@H](C)CO)C(=O)c2cc(NC(=O)Cc3ccccc3)ccc2O1. The topological polar surface area (TPSA) is 108 Å². The van der Waals surface area contributed by atoms with Crippen LogP contribution in [0.4, 0.5) is 18.9 Å². The highest BCUT2D eigenvalue weighted by Gasteiger charge is 2.32. The van der Waals surface area contributed by atoms with Crippen LogP contribution in [-0.2, 0) is 20.7 Å². The first kappa shape index (κ1) is 36.8. The standard InChI is InChI=1S/C34H46F3N3O6/c1-23-20-40(24(2)22-41)33(44)28-19-27(38-31(42)18-26-11-6-5-7-12-26)13-14-29(28)46-25(3)10-8-9-17-45-30(23)21-39(4)32(43)15-16-34(35,36)37/h5-7,11-14,19,23-25,30,41H,8-10,15-18,20-22H2,1-4H3,(H,38,42)/t23-,24-,25-,30+/m0/s1. The number of benzene rings is 2. The van der Waals surface area contributed by atoms with Crippen molar-refractivity contribution in [1.82, 2.24) is 9.80 Å². The zero-order valence-electron chi connectivity index (χ0n) is 27.0. The molecule has 2 aromatic rings. The van der Waals surface area contributed by atoms with Gasteiger partial charge in [-0.15, -0.1) is 0 Å².